The van der Waals surface area contributed by atoms with Crippen molar-refractivity contribution in [1.29, 1.82) is 0 Å². The van der Waals surface area contributed by atoms with Crippen LogP contribution in [0.1, 0.15) is 121 Å². The van der Waals surface area contributed by atoms with Crippen molar-refractivity contribution >= 4 is 17.5 Å². The molecule has 0 radical (unpaired) electrons. The number of allylic oxidation sites excluding steroid dienone is 4. The summed E-state index contributed by atoms with van der Waals surface area (Å²) < 4.78 is 20.0. The number of carbonyl (C=O) groups is 3. The Morgan fingerprint density at radius 3 is 2.11 bits per heavy atom. The minimum atomic E-state index is -2.18. The largest absolute Gasteiger partial charge is 0.458 e. The molecule has 2 bridgehead atoms. The van der Waals surface area contributed by atoms with Crippen LogP contribution in [0.3, 0.4) is 0 Å². The van der Waals surface area contributed by atoms with Crippen LogP contribution in [0.2, 0.25) is 0 Å². The van der Waals surface area contributed by atoms with Crippen LogP contribution in [0.15, 0.2) is 36.5 Å². The Hall–Kier alpha value is -2.25. The van der Waals surface area contributed by atoms with E-state index in [4.69, 9.17) is 14.2 Å². The maximum atomic E-state index is 13.5. The first-order valence-electron chi connectivity index (χ1n) is 21.2. The van der Waals surface area contributed by atoms with Crippen molar-refractivity contribution < 1.29 is 54.1 Å². The average molecular weight is 791 g/mol. The van der Waals surface area contributed by atoms with Gasteiger partial charge in [-0.05, 0) is 70.1 Å². The standard InChI is InChI=1S/C45H74O11/c1-12-34-17-15-13-14-16-27(4)42(51)44(11,53)43(52)32(9)40(50)31(8)39(49)30(7)38(48)26(3)18-21-37(47)54-41-29(6)35(20-19-34)55-45(33(41)10)23-22-25(2)36(56-45)24-28(5)46/h13-15,17-18,21,25-36,38,40-42,46,48,50-51,53H,12,16,19-20,22-24H2,1-11H3/b14-13+,17-15+,21-18+/t25-,26-,27+,28+,29-,30-,31-,32-,33-,34-,35-,36-,38+,40+,41+,42-,44+,45-/m1/s1. The molecular weight excluding hydrogens is 716 g/mol. The van der Waals surface area contributed by atoms with E-state index in [0.717, 1.165) is 19.3 Å². The molecule has 11 nitrogen and oxygen atoms in total. The molecule has 18 atom stereocenters. The quantitative estimate of drug-likeness (QED) is 0.216. The zero-order chi connectivity index (χ0) is 42.3. The second-order valence-electron chi connectivity index (χ2n) is 18.0. The van der Waals surface area contributed by atoms with Gasteiger partial charge in [-0.25, -0.2) is 4.79 Å². The minimum Gasteiger partial charge on any atom is -0.458 e. The number of rotatable bonds is 3. The van der Waals surface area contributed by atoms with Gasteiger partial charge in [-0.2, -0.15) is 0 Å². The first kappa shape index (κ1) is 48.1. The van der Waals surface area contributed by atoms with Crippen LogP contribution in [0.4, 0.5) is 0 Å². The number of ether oxygens (including phenoxy) is 3. The summed E-state index contributed by atoms with van der Waals surface area (Å²) in [5.74, 6) is -7.28. The first-order valence-corrected chi connectivity index (χ1v) is 21.2. The lowest BCUT2D eigenvalue weighted by atomic mass is 9.74. The summed E-state index contributed by atoms with van der Waals surface area (Å²) in [5.41, 5.74) is -2.18. The van der Waals surface area contributed by atoms with Gasteiger partial charge >= 0.3 is 5.97 Å². The summed E-state index contributed by atoms with van der Waals surface area (Å²) in [6.07, 6.45) is 9.62. The lowest BCUT2D eigenvalue weighted by Gasteiger charge is -2.55. The highest BCUT2D eigenvalue weighted by Gasteiger charge is 2.56. The summed E-state index contributed by atoms with van der Waals surface area (Å²) in [4.78, 5) is 40.5. The molecule has 0 aromatic heterocycles. The zero-order valence-corrected chi connectivity index (χ0v) is 35.8. The van der Waals surface area contributed by atoms with Gasteiger partial charge in [-0.3, -0.25) is 9.59 Å². The third kappa shape index (κ3) is 11.5. The molecule has 0 aromatic rings. The van der Waals surface area contributed by atoms with Gasteiger partial charge < -0.3 is 39.7 Å². The number of ketones is 2. The maximum absolute atomic E-state index is 13.5. The van der Waals surface area contributed by atoms with Crippen molar-refractivity contribution in [2.45, 2.75) is 175 Å². The van der Waals surface area contributed by atoms with E-state index in [9.17, 15) is 39.9 Å². The van der Waals surface area contributed by atoms with Gasteiger partial charge in [0.1, 0.15) is 17.5 Å². The molecule has 320 valence electrons. The van der Waals surface area contributed by atoms with Crippen molar-refractivity contribution in [2.75, 3.05) is 0 Å². The molecule has 56 heavy (non-hydrogen) atoms. The SMILES string of the molecule is CC[C@@H]1/C=C/C=C/C[C@H](C)[C@@H](O)[C@](C)(O)C(=O)[C@H](C)[C@@H](O)[C@H](C)C(=O)[C@H](C)[C@@H](O)[C@H](C)/C=C/C(=O)O[C@H]2[C@H](C)[C@@H](CC1)O[C@@]1(CC[C@@H](C)[C@@H](C[C@H](C)O)O1)[C@@H]2C. The molecule has 0 amide bonds. The molecule has 3 aliphatic rings. The monoisotopic (exact) mass is 791 g/mol. The highest BCUT2D eigenvalue weighted by molar-refractivity contribution is 5.91. The summed E-state index contributed by atoms with van der Waals surface area (Å²) in [5, 5.41) is 55.0. The number of carbonyl (C=O) groups excluding carboxylic acids is 3. The Morgan fingerprint density at radius 1 is 0.839 bits per heavy atom. The van der Waals surface area contributed by atoms with Crippen molar-refractivity contribution in [1.82, 2.24) is 0 Å². The van der Waals surface area contributed by atoms with E-state index in [1.54, 1.807) is 20.8 Å². The number of esters is 1. The Kier molecular flexibility index (Phi) is 17.7. The molecule has 11 heteroatoms. The number of hydrogen-bond donors (Lipinski definition) is 5. The Labute approximate surface area is 336 Å². The molecule has 0 aromatic carbocycles. The average Bonchev–Trinajstić information content (AvgIpc) is 3.16. The van der Waals surface area contributed by atoms with Crippen LogP contribution in [0.5, 0.6) is 0 Å². The molecule has 0 unspecified atom stereocenters. The lowest BCUT2D eigenvalue weighted by Crippen LogP contribution is -2.62. The normalized spacial score (nSPS) is 46.8. The van der Waals surface area contributed by atoms with Gasteiger partial charge in [0.15, 0.2) is 11.6 Å². The molecule has 2 fully saturated rings. The number of aliphatic hydroxyl groups is 5. The van der Waals surface area contributed by atoms with E-state index in [2.05, 4.69) is 19.9 Å². The molecular formula is C45H74O11. The Bertz CT molecular complexity index is 1390. The zero-order valence-electron chi connectivity index (χ0n) is 35.8. The summed E-state index contributed by atoms with van der Waals surface area (Å²) in [7, 11) is 0. The van der Waals surface area contributed by atoms with Crippen molar-refractivity contribution in [3.63, 3.8) is 0 Å². The molecule has 0 saturated carbocycles. The van der Waals surface area contributed by atoms with Crippen LogP contribution >= 0.6 is 0 Å². The van der Waals surface area contributed by atoms with E-state index in [1.165, 1.54) is 39.8 Å². The Balaban J connectivity index is 1.99. The van der Waals surface area contributed by atoms with Gasteiger partial charge in [-0.15, -0.1) is 0 Å². The smallest absolute Gasteiger partial charge is 0.330 e. The summed E-state index contributed by atoms with van der Waals surface area (Å²) >= 11 is 0. The molecule has 3 heterocycles. The third-order valence-electron chi connectivity index (χ3n) is 13.4. The molecule has 3 aliphatic heterocycles. The summed E-state index contributed by atoms with van der Waals surface area (Å²) in [6.45, 7) is 19.1. The van der Waals surface area contributed by atoms with Gasteiger partial charge in [0.25, 0.3) is 0 Å². The maximum Gasteiger partial charge on any atom is 0.330 e. The number of fused-ring (bicyclic) bond motifs is 2. The van der Waals surface area contributed by atoms with Gasteiger partial charge in [0.2, 0.25) is 0 Å². The van der Waals surface area contributed by atoms with Gasteiger partial charge in [0.05, 0.1) is 36.6 Å². The van der Waals surface area contributed by atoms with E-state index in [0.29, 0.717) is 25.7 Å². The lowest BCUT2D eigenvalue weighted by molar-refractivity contribution is -0.371. The van der Waals surface area contributed by atoms with Crippen LogP contribution < -0.4 is 0 Å². The van der Waals surface area contributed by atoms with Crippen molar-refractivity contribution in [3.8, 4) is 0 Å². The molecule has 5 N–H and O–H groups in total. The molecule has 3 rings (SSSR count). The fraction of sp³-hybridized carbons (Fsp3) is 0.800. The predicted molar refractivity (Wildman–Crippen MR) is 215 cm³/mol. The van der Waals surface area contributed by atoms with E-state index in [-0.39, 0.29) is 35.9 Å². The third-order valence-corrected chi connectivity index (χ3v) is 13.4. The van der Waals surface area contributed by atoms with Crippen LogP contribution in [-0.2, 0) is 28.6 Å². The van der Waals surface area contributed by atoms with E-state index < -0.39 is 89.0 Å². The highest BCUT2D eigenvalue weighted by Crippen LogP contribution is 2.49. The second kappa shape index (κ2) is 20.6. The predicted octanol–water partition coefficient (Wildman–Crippen LogP) is 5.88. The second-order valence-corrected chi connectivity index (χ2v) is 18.0. The van der Waals surface area contributed by atoms with Gasteiger partial charge in [-0.1, -0.05) is 92.7 Å². The summed E-state index contributed by atoms with van der Waals surface area (Å²) in [6, 6.07) is 0. The van der Waals surface area contributed by atoms with Gasteiger partial charge in [0, 0.05) is 48.0 Å². The fourth-order valence-electron chi connectivity index (χ4n) is 9.01. The minimum absolute atomic E-state index is 0.168. The Morgan fingerprint density at radius 2 is 1.48 bits per heavy atom. The molecule has 2 saturated heterocycles. The van der Waals surface area contributed by atoms with Crippen LogP contribution in [0.25, 0.3) is 0 Å². The van der Waals surface area contributed by atoms with Crippen molar-refractivity contribution in [3.05, 3.63) is 36.5 Å². The topological polar surface area (TPSA) is 180 Å². The van der Waals surface area contributed by atoms with E-state index >= 15 is 0 Å². The highest BCUT2D eigenvalue weighted by atomic mass is 16.7. The molecule has 1 spiro atoms. The van der Waals surface area contributed by atoms with Crippen LogP contribution in [0, 0.1) is 53.3 Å². The fourth-order valence-corrected chi connectivity index (χ4v) is 9.01. The van der Waals surface area contributed by atoms with E-state index in [1.807, 2.05) is 32.1 Å². The number of hydrogen-bond acceptors (Lipinski definition) is 11. The molecule has 0 aliphatic carbocycles. The van der Waals surface area contributed by atoms with Crippen molar-refractivity contribution in [2.24, 2.45) is 53.3 Å². The number of Topliss-reactive ketones (excluding diaryl/α,β-unsaturated/α-hetero) is 2. The first-order chi connectivity index (χ1) is 26.1. The van der Waals surface area contributed by atoms with Crippen LogP contribution in [-0.4, -0.2) is 97.2 Å². The number of aliphatic hydroxyl groups excluding tert-OH is 4.